The molecule has 0 aromatic heterocycles. The number of hydrogen-bond donors (Lipinski definition) is 2. The number of ether oxygens (including phenoxy) is 1. The van der Waals surface area contributed by atoms with Gasteiger partial charge in [0, 0.05) is 18.7 Å². The minimum absolute atomic E-state index is 0.194. The molecule has 1 rings (SSSR count). The summed E-state index contributed by atoms with van der Waals surface area (Å²) in [4.78, 5) is 11.4. The molecule has 0 saturated carbocycles. The monoisotopic (exact) mass is 256 g/mol. The van der Waals surface area contributed by atoms with E-state index in [0.29, 0.717) is 11.6 Å². The van der Waals surface area contributed by atoms with Crippen LogP contribution in [0.1, 0.15) is 5.56 Å². The number of amides is 1. The molecule has 1 amide bonds. The summed E-state index contributed by atoms with van der Waals surface area (Å²) in [6.07, 6.45) is 0.753. The molecule has 1 aromatic rings. The Morgan fingerprint density at radius 1 is 1.47 bits per heavy atom. The SMILES string of the molecule is COCC(N)C(=O)NCCc1ccc(Cl)cc1. The number of carbonyl (C=O) groups is 1. The summed E-state index contributed by atoms with van der Waals surface area (Å²) in [5, 5.41) is 3.46. The first-order valence-electron chi connectivity index (χ1n) is 5.40. The highest BCUT2D eigenvalue weighted by molar-refractivity contribution is 6.30. The van der Waals surface area contributed by atoms with E-state index in [1.807, 2.05) is 24.3 Å². The van der Waals surface area contributed by atoms with Crippen LogP contribution in [-0.2, 0) is 16.0 Å². The van der Waals surface area contributed by atoms with Crippen LogP contribution in [0.2, 0.25) is 5.02 Å². The van der Waals surface area contributed by atoms with Crippen molar-refractivity contribution in [3.8, 4) is 0 Å². The first-order valence-corrected chi connectivity index (χ1v) is 5.78. The van der Waals surface area contributed by atoms with E-state index >= 15 is 0 Å². The average molecular weight is 257 g/mol. The maximum Gasteiger partial charge on any atom is 0.239 e. The number of methoxy groups -OCH3 is 1. The van der Waals surface area contributed by atoms with Crippen molar-refractivity contribution in [2.45, 2.75) is 12.5 Å². The topological polar surface area (TPSA) is 64.3 Å². The first kappa shape index (κ1) is 14.0. The van der Waals surface area contributed by atoms with Gasteiger partial charge in [0.2, 0.25) is 5.91 Å². The van der Waals surface area contributed by atoms with Gasteiger partial charge in [-0.25, -0.2) is 0 Å². The predicted octanol–water partition coefficient (Wildman–Crippen LogP) is 0.972. The summed E-state index contributed by atoms with van der Waals surface area (Å²) in [5.41, 5.74) is 6.69. The van der Waals surface area contributed by atoms with Crippen LogP contribution >= 0.6 is 11.6 Å². The van der Waals surface area contributed by atoms with Gasteiger partial charge in [-0.05, 0) is 24.1 Å². The van der Waals surface area contributed by atoms with Crippen LogP contribution < -0.4 is 11.1 Å². The Morgan fingerprint density at radius 3 is 2.71 bits per heavy atom. The van der Waals surface area contributed by atoms with E-state index in [1.165, 1.54) is 7.11 Å². The second-order valence-electron chi connectivity index (χ2n) is 3.73. The van der Waals surface area contributed by atoms with Crippen LogP contribution in [0, 0.1) is 0 Å². The zero-order chi connectivity index (χ0) is 12.7. The Kier molecular flexibility index (Phi) is 5.97. The fraction of sp³-hybridized carbons (Fsp3) is 0.417. The van der Waals surface area contributed by atoms with Crippen molar-refractivity contribution < 1.29 is 9.53 Å². The van der Waals surface area contributed by atoms with Crippen LogP contribution in [0.4, 0.5) is 0 Å². The highest BCUT2D eigenvalue weighted by Gasteiger charge is 2.11. The van der Waals surface area contributed by atoms with Gasteiger partial charge in [0.25, 0.3) is 0 Å². The second-order valence-corrected chi connectivity index (χ2v) is 4.17. The zero-order valence-electron chi connectivity index (χ0n) is 9.78. The van der Waals surface area contributed by atoms with Gasteiger partial charge in [0.1, 0.15) is 6.04 Å². The molecule has 0 aliphatic rings. The summed E-state index contributed by atoms with van der Waals surface area (Å²) in [6, 6.07) is 6.92. The highest BCUT2D eigenvalue weighted by atomic mass is 35.5. The van der Waals surface area contributed by atoms with Crippen LogP contribution in [0.25, 0.3) is 0 Å². The van der Waals surface area contributed by atoms with E-state index < -0.39 is 6.04 Å². The quantitative estimate of drug-likeness (QED) is 0.797. The largest absolute Gasteiger partial charge is 0.383 e. The minimum atomic E-state index is -0.606. The standard InChI is InChI=1S/C12H17ClN2O2/c1-17-8-11(14)12(16)15-7-6-9-2-4-10(13)5-3-9/h2-5,11H,6-8,14H2,1H3,(H,15,16). The number of rotatable bonds is 6. The minimum Gasteiger partial charge on any atom is -0.383 e. The third-order valence-corrected chi connectivity index (χ3v) is 2.56. The van der Waals surface area contributed by atoms with Crippen LogP contribution in [0.3, 0.4) is 0 Å². The molecule has 94 valence electrons. The lowest BCUT2D eigenvalue weighted by molar-refractivity contribution is -0.123. The van der Waals surface area contributed by atoms with Crippen molar-refractivity contribution >= 4 is 17.5 Å². The molecule has 5 heteroatoms. The smallest absolute Gasteiger partial charge is 0.239 e. The molecule has 3 N–H and O–H groups in total. The molecule has 1 aromatic carbocycles. The number of halogens is 1. The van der Waals surface area contributed by atoms with Gasteiger partial charge in [0.15, 0.2) is 0 Å². The number of hydrogen-bond acceptors (Lipinski definition) is 3. The van der Waals surface area contributed by atoms with Crippen LogP contribution in [0.15, 0.2) is 24.3 Å². The Labute approximate surface area is 106 Å². The summed E-state index contributed by atoms with van der Waals surface area (Å²) in [5.74, 6) is -0.194. The molecule has 4 nitrogen and oxygen atoms in total. The molecule has 0 fully saturated rings. The van der Waals surface area contributed by atoms with Gasteiger partial charge < -0.3 is 15.8 Å². The third kappa shape index (κ3) is 5.17. The average Bonchev–Trinajstić information content (AvgIpc) is 2.32. The molecular weight excluding hydrogens is 240 g/mol. The maximum absolute atomic E-state index is 11.4. The van der Waals surface area contributed by atoms with Crippen LogP contribution in [0.5, 0.6) is 0 Å². The molecule has 0 radical (unpaired) electrons. The lowest BCUT2D eigenvalue weighted by atomic mass is 10.1. The molecule has 17 heavy (non-hydrogen) atoms. The van der Waals surface area contributed by atoms with Crippen molar-refractivity contribution in [3.63, 3.8) is 0 Å². The molecule has 0 heterocycles. The van der Waals surface area contributed by atoms with E-state index in [4.69, 9.17) is 22.1 Å². The third-order valence-electron chi connectivity index (χ3n) is 2.31. The number of nitrogens with one attached hydrogen (secondary N) is 1. The van der Waals surface area contributed by atoms with Gasteiger partial charge >= 0.3 is 0 Å². The van der Waals surface area contributed by atoms with Crippen molar-refractivity contribution in [2.24, 2.45) is 5.73 Å². The van der Waals surface area contributed by atoms with Gasteiger partial charge in [-0.1, -0.05) is 23.7 Å². The van der Waals surface area contributed by atoms with Crippen LogP contribution in [-0.4, -0.2) is 32.2 Å². The number of nitrogens with two attached hydrogens (primary N) is 1. The fourth-order valence-corrected chi connectivity index (χ4v) is 1.49. The van der Waals surface area contributed by atoms with E-state index in [9.17, 15) is 4.79 Å². The Morgan fingerprint density at radius 2 is 2.12 bits per heavy atom. The Hall–Kier alpha value is -1.10. The van der Waals surface area contributed by atoms with Crippen molar-refractivity contribution in [2.75, 3.05) is 20.3 Å². The molecule has 1 atom stereocenters. The maximum atomic E-state index is 11.4. The van der Waals surface area contributed by atoms with Gasteiger partial charge in [-0.3, -0.25) is 4.79 Å². The Bertz CT molecular complexity index is 354. The zero-order valence-corrected chi connectivity index (χ0v) is 10.5. The first-order chi connectivity index (χ1) is 8.13. The molecular formula is C12H17ClN2O2. The highest BCUT2D eigenvalue weighted by Crippen LogP contribution is 2.09. The van der Waals surface area contributed by atoms with Crippen molar-refractivity contribution in [1.82, 2.24) is 5.32 Å². The summed E-state index contributed by atoms with van der Waals surface area (Å²) in [7, 11) is 1.51. The second kappa shape index (κ2) is 7.27. The Balaban J connectivity index is 2.28. The number of benzene rings is 1. The molecule has 0 aliphatic carbocycles. The lowest BCUT2D eigenvalue weighted by Gasteiger charge is -2.11. The van der Waals surface area contributed by atoms with Gasteiger partial charge in [0.05, 0.1) is 6.61 Å². The van der Waals surface area contributed by atoms with Crippen molar-refractivity contribution in [1.29, 1.82) is 0 Å². The normalized spacial score (nSPS) is 12.2. The summed E-state index contributed by atoms with van der Waals surface area (Å²) >= 11 is 5.77. The molecule has 0 bridgehead atoms. The number of carbonyl (C=O) groups excluding carboxylic acids is 1. The molecule has 0 aliphatic heterocycles. The fourth-order valence-electron chi connectivity index (χ4n) is 1.37. The van der Waals surface area contributed by atoms with E-state index in [1.54, 1.807) is 0 Å². The lowest BCUT2D eigenvalue weighted by Crippen LogP contribution is -2.44. The predicted molar refractivity (Wildman–Crippen MR) is 68.0 cm³/mol. The molecule has 0 saturated heterocycles. The van der Waals surface area contributed by atoms with E-state index in [0.717, 1.165) is 12.0 Å². The van der Waals surface area contributed by atoms with Gasteiger partial charge in [-0.2, -0.15) is 0 Å². The molecule has 0 spiro atoms. The summed E-state index contributed by atoms with van der Waals surface area (Å²) in [6.45, 7) is 0.782. The van der Waals surface area contributed by atoms with Crippen molar-refractivity contribution in [3.05, 3.63) is 34.9 Å². The molecule has 1 unspecified atom stereocenters. The van der Waals surface area contributed by atoms with Gasteiger partial charge in [-0.15, -0.1) is 0 Å². The van der Waals surface area contributed by atoms with E-state index in [2.05, 4.69) is 5.32 Å². The summed E-state index contributed by atoms with van der Waals surface area (Å²) < 4.78 is 4.80. The van der Waals surface area contributed by atoms with E-state index in [-0.39, 0.29) is 12.5 Å².